The van der Waals surface area contributed by atoms with E-state index < -0.39 is 0 Å². The zero-order valence-corrected chi connectivity index (χ0v) is 20.4. The lowest BCUT2D eigenvalue weighted by Crippen LogP contribution is -2.41. The van der Waals surface area contributed by atoms with Crippen LogP contribution < -0.4 is 16.0 Å². The lowest BCUT2D eigenvalue weighted by molar-refractivity contribution is -0.122. The van der Waals surface area contributed by atoms with Crippen LogP contribution in [0.15, 0.2) is 4.99 Å². The van der Waals surface area contributed by atoms with Crippen LogP contribution in [0.2, 0.25) is 0 Å². The minimum atomic E-state index is 0. The fourth-order valence-electron chi connectivity index (χ4n) is 3.77. The van der Waals surface area contributed by atoms with E-state index in [9.17, 15) is 4.79 Å². The summed E-state index contributed by atoms with van der Waals surface area (Å²) in [6.07, 6.45) is 9.01. The molecular weight excluding hydrogens is 483 g/mol. The average molecular weight is 524 g/mol. The van der Waals surface area contributed by atoms with E-state index >= 15 is 0 Å². The molecule has 1 aliphatic heterocycles. The molecule has 2 aliphatic rings. The molecule has 7 nitrogen and oxygen atoms in total. The molecule has 1 saturated carbocycles. The standard InChI is InChI=1S/C21H40N4O3.HI/c1-2-22-21(24-10-6-13-27-16-19-9-14-28-17-19)25-12-11-23-20(26)15-18-7-4-3-5-8-18;/h18-19H,2-17H2,1H3,(H,23,26)(H2,22,24,25);1H. The third-order valence-electron chi connectivity index (χ3n) is 5.38. The highest BCUT2D eigenvalue weighted by atomic mass is 127. The van der Waals surface area contributed by atoms with Crippen molar-refractivity contribution in [2.24, 2.45) is 16.8 Å². The Morgan fingerprint density at radius 2 is 1.86 bits per heavy atom. The second-order valence-corrected chi connectivity index (χ2v) is 7.90. The van der Waals surface area contributed by atoms with Crippen LogP contribution in [0.1, 0.15) is 58.3 Å². The summed E-state index contributed by atoms with van der Waals surface area (Å²) in [5.41, 5.74) is 0. The Morgan fingerprint density at radius 1 is 1.07 bits per heavy atom. The zero-order valence-electron chi connectivity index (χ0n) is 18.0. The molecule has 1 heterocycles. The number of amides is 1. The summed E-state index contributed by atoms with van der Waals surface area (Å²) < 4.78 is 11.1. The number of nitrogens with one attached hydrogen (secondary N) is 3. The first kappa shape index (κ1) is 26.4. The molecule has 1 atom stereocenters. The van der Waals surface area contributed by atoms with E-state index in [1.165, 1.54) is 32.1 Å². The summed E-state index contributed by atoms with van der Waals surface area (Å²) in [5, 5.41) is 9.55. The SMILES string of the molecule is CCNC(=NCCCOCC1CCOC1)NCCNC(=O)CC1CCCCC1.I. The van der Waals surface area contributed by atoms with Gasteiger partial charge in [0.05, 0.1) is 13.2 Å². The Morgan fingerprint density at radius 3 is 2.59 bits per heavy atom. The van der Waals surface area contributed by atoms with E-state index in [0.29, 0.717) is 31.3 Å². The second kappa shape index (κ2) is 17.1. The number of aliphatic imine (C=N–C) groups is 1. The number of nitrogens with zero attached hydrogens (tertiary/aromatic N) is 1. The van der Waals surface area contributed by atoms with Crippen LogP contribution in [0.4, 0.5) is 0 Å². The number of carbonyl (C=O) groups excluding carboxylic acids is 1. The normalized spacial score (nSPS) is 20.2. The molecular formula is C21H41IN4O3. The highest BCUT2D eigenvalue weighted by Crippen LogP contribution is 2.25. The summed E-state index contributed by atoms with van der Waals surface area (Å²) in [4.78, 5) is 16.6. The molecule has 3 N–H and O–H groups in total. The molecule has 8 heteroatoms. The number of rotatable bonds is 12. The minimum Gasteiger partial charge on any atom is -0.381 e. The van der Waals surface area contributed by atoms with Crippen LogP contribution in [-0.4, -0.2) is 64.5 Å². The Hall–Kier alpha value is -0.610. The Labute approximate surface area is 193 Å². The Balaban J connectivity index is 0.00000420. The molecule has 1 amide bonds. The van der Waals surface area contributed by atoms with Crippen molar-refractivity contribution in [2.75, 3.05) is 52.6 Å². The van der Waals surface area contributed by atoms with Gasteiger partial charge in [-0.2, -0.15) is 0 Å². The van der Waals surface area contributed by atoms with Crippen LogP contribution in [0.3, 0.4) is 0 Å². The topological polar surface area (TPSA) is 84.0 Å². The van der Waals surface area contributed by atoms with E-state index in [0.717, 1.165) is 58.3 Å². The van der Waals surface area contributed by atoms with E-state index in [2.05, 4.69) is 27.9 Å². The predicted molar refractivity (Wildman–Crippen MR) is 128 cm³/mol. The fourth-order valence-corrected chi connectivity index (χ4v) is 3.77. The largest absolute Gasteiger partial charge is 0.381 e. The van der Waals surface area contributed by atoms with E-state index in [1.807, 2.05) is 0 Å². The number of hydrogen-bond donors (Lipinski definition) is 3. The summed E-state index contributed by atoms with van der Waals surface area (Å²) in [6, 6.07) is 0. The van der Waals surface area contributed by atoms with Gasteiger partial charge in [0, 0.05) is 51.7 Å². The molecule has 29 heavy (non-hydrogen) atoms. The van der Waals surface area contributed by atoms with Crippen molar-refractivity contribution in [3.63, 3.8) is 0 Å². The van der Waals surface area contributed by atoms with Crippen molar-refractivity contribution < 1.29 is 14.3 Å². The summed E-state index contributed by atoms with van der Waals surface area (Å²) >= 11 is 0. The molecule has 0 aromatic carbocycles. The van der Waals surface area contributed by atoms with Crippen molar-refractivity contribution in [3.8, 4) is 0 Å². The smallest absolute Gasteiger partial charge is 0.220 e. The van der Waals surface area contributed by atoms with Crippen LogP contribution in [0.25, 0.3) is 0 Å². The number of halogens is 1. The lowest BCUT2D eigenvalue weighted by atomic mass is 9.87. The monoisotopic (exact) mass is 524 g/mol. The van der Waals surface area contributed by atoms with Crippen LogP contribution in [-0.2, 0) is 14.3 Å². The van der Waals surface area contributed by atoms with Crippen LogP contribution in [0, 0.1) is 11.8 Å². The first-order chi connectivity index (χ1) is 13.8. The first-order valence-corrected chi connectivity index (χ1v) is 11.2. The molecule has 170 valence electrons. The van der Waals surface area contributed by atoms with Crippen LogP contribution >= 0.6 is 24.0 Å². The zero-order chi connectivity index (χ0) is 19.9. The molecule has 2 rings (SSSR count). The highest BCUT2D eigenvalue weighted by molar-refractivity contribution is 14.0. The quantitative estimate of drug-likeness (QED) is 0.158. The van der Waals surface area contributed by atoms with Gasteiger partial charge >= 0.3 is 0 Å². The Bertz CT molecular complexity index is 453. The van der Waals surface area contributed by atoms with Gasteiger partial charge in [-0.25, -0.2) is 0 Å². The molecule has 0 aromatic rings. The van der Waals surface area contributed by atoms with E-state index in [1.54, 1.807) is 0 Å². The maximum Gasteiger partial charge on any atom is 0.220 e. The van der Waals surface area contributed by atoms with Crippen molar-refractivity contribution >= 4 is 35.8 Å². The van der Waals surface area contributed by atoms with Crippen molar-refractivity contribution in [2.45, 2.75) is 58.3 Å². The van der Waals surface area contributed by atoms with Gasteiger partial charge in [0.2, 0.25) is 5.91 Å². The van der Waals surface area contributed by atoms with E-state index in [4.69, 9.17) is 9.47 Å². The lowest BCUT2D eigenvalue weighted by Gasteiger charge is -2.20. The summed E-state index contributed by atoms with van der Waals surface area (Å²) in [7, 11) is 0. The van der Waals surface area contributed by atoms with Gasteiger partial charge < -0.3 is 25.4 Å². The van der Waals surface area contributed by atoms with Gasteiger partial charge in [-0.15, -0.1) is 24.0 Å². The number of guanidine groups is 1. The van der Waals surface area contributed by atoms with Crippen LogP contribution in [0.5, 0.6) is 0 Å². The van der Waals surface area contributed by atoms with E-state index in [-0.39, 0.29) is 29.9 Å². The molecule has 1 aliphatic carbocycles. The molecule has 2 fully saturated rings. The predicted octanol–water partition coefficient (Wildman–Crippen LogP) is 2.69. The van der Waals surface area contributed by atoms with Crippen molar-refractivity contribution in [3.05, 3.63) is 0 Å². The average Bonchev–Trinajstić information content (AvgIpc) is 3.22. The molecule has 0 aromatic heterocycles. The maximum atomic E-state index is 12.0. The second-order valence-electron chi connectivity index (χ2n) is 7.90. The Kier molecular flexibility index (Phi) is 15.6. The van der Waals surface area contributed by atoms with Crippen molar-refractivity contribution in [1.29, 1.82) is 0 Å². The third kappa shape index (κ3) is 12.6. The van der Waals surface area contributed by atoms with Gasteiger partial charge in [0.25, 0.3) is 0 Å². The van der Waals surface area contributed by atoms with Gasteiger partial charge in [-0.3, -0.25) is 9.79 Å². The van der Waals surface area contributed by atoms with Gasteiger partial charge in [0.1, 0.15) is 0 Å². The molecule has 1 saturated heterocycles. The molecule has 0 spiro atoms. The molecule has 0 radical (unpaired) electrons. The first-order valence-electron chi connectivity index (χ1n) is 11.2. The molecule has 1 unspecified atom stereocenters. The summed E-state index contributed by atoms with van der Waals surface area (Å²) in [5.74, 6) is 2.13. The highest BCUT2D eigenvalue weighted by Gasteiger charge is 2.17. The summed E-state index contributed by atoms with van der Waals surface area (Å²) in [6.45, 7) is 8.14. The maximum absolute atomic E-state index is 12.0. The third-order valence-corrected chi connectivity index (χ3v) is 5.38. The number of carbonyl (C=O) groups is 1. The minimum absolute atomic E-state index is 0. The van der Waals surface area contributed by atoms with Gasteiger partial charge in [-0.05, 0) is 38.5 Å². The van der Waals surface area contributed by atoms with Crippen molar-refractivity contribution in [1.82, 2.24) is 16.0 Å². The van der Waals surface area contributed by atoms with Gasteiger partial charge in [-0.1, -0.05) is 19.3 Å². The number of hydrogen-bond acceptors (Lipinski definition) is 4. The van der Waals surface area contributed by atoms with Gasteiger partial charge in [0.15, 0.2) is 5.96 Å². The fraction of sp³-hybridized carbons (Fsp3) is 0.905. The molecule has 0 bridgehead atoms. The number of ether oxygens (including phenoxy) is 2.